The molecule has 0 spiro atoms. The highest BCUT2D eigenvalue weighted by molar-refractivity contribution is 9.10. The number of amides is 1. The zero-order valence-electron chi connectivity index (χ0n) is 15.5. The molecule has 1 amide bonds. The largest absolute Gasteiger partial charge is 0.392 e. The first kappa shape index (κ1) is 19.4. The Morgan fingerprint density at radius 2 is 1.79 bits per heavy atom. The SMILES string of the molecule is O=C(Nc1ccc(Nc2ncc(Br)c(Nc3ccccc3CO)n2)cc1)C1CC1. The number of rotatable bonds is 7. The Morgan fingerprint density at radius 1 is 1.07 bits per heavy atom. The second-order valence-corrected chi connectivity index (χ2v) is 7.65. The summed E-state index contributed by atoms with van der Waals surface area (Å²) in [5.41, 5.74) is 3.12. The van der Waals surface area contributed by atoms with Gasteiger partial charge in [-0.2, -0.15) is 4.98 Å². The second-order valence-electron chi connectivity index (χ2n) is 6.80. The third kappa shape index (κ3) is 4.90. The van der Waals surface area contributed by atoms with E-state index in [1.807, 2.05) is 48.5 Å². The number of carbonyl (C=O) groups is 1. The van der Waals surface area contributed by atoms with Gasteiger partial charge in [0.2, 0.25) is 11.9 Å². The summed E-state index contributed by atoms with van der Waals surface area (Å²) in [6, 6.07) is 14.9. The van der Waals surface area contributed by atoms with Gasteiger partial charge in [0.15, 0.2) is 0 Å². The van der Waals surface area contributed by atoms with Crippen LogP contribution in [-0.4, -0.2) is 21.0 Å². The normalized spacial score (nSPS) is 13.0. The minimum atomic E-state index is -0.0688. The van der Waals surface area contributed by atoms with Crippen LogP contribution in [0.5, 0.6) is 0 Å². The number of nitrogens with zero attached hydrogens (tertiary/aromatic N) is 2. The molecule has 29 heavy (non-hydrogen) atoms. The van der Waals surface area contributed by atoms with Crippen LogP contribution in [0.25, 0.3) is 0 Å². The van der Waals surface area contributed by atoms with Gasteiger partial charge in [-0.05, 0) is 59.1 Å². The molecule has 1 aliphatic rings. The summed E-state index contributed by atoms with van der Waals surface area (Å²) >= 11 is 3.45. The van der Waals surface area contributed by atoms with E-state index in [-0.39, 0.29) is 18.4 Å². The number of hydrogen-bond donors (Lipinski definition) is 4. The number of aliphatic hydroxyl groups is 1. The van der Waals surface area contributed by atoms with E-state index >= 15 is 0 Å². The number of aliphatic hydroxyl groups excluding tert-OH is 1. The molecule has 0 unspecified atom stereocenters. The molecular formula is C21H20BrN5O2. The summed E-state index contributed by atoms with van der Waals surface area (Å²) in [6.07, 6.45) is 3.61. The maximum atomic E-state index is 11.8. The predicted molar refractivity (Wildman–Crippen MR) is 116 cm³/mol. The van der Waals surface area contributed by atoms with Crippen LogP contribution >= 0.6 is 15.9 Å². The van der Waals surface area contributed by atoms with Crippen molar-refractivity contribution >= 4 is 50.7 Å². The fourth-order valence-corrected chi connectivity index (χ4v) is 3.07. The summed E-state index contributed by atoms with van der Waals surface area (Å²) in [7, 11) is 0. The van der Waals surface area contributed by atoms with Crippen LogP contribution in [0.15, 0.2) is 59.2 Å². The van der Waals surface area contributed by atoms with E-state index in [1.165, 1.54) is 0 Å². The summed E-state index contributed by atoms with van der Waals surface area (Å²) < 4.78 is 0.703. The third-order valence-electron chi connectivity index (χ3n) is 4.54. The van der Waals surface area contributed by atoms with Crippen LogP contribution in [0.3, 0.4) is 0 Å². The number of para-hydroxylation sites is 1. The van der Waals surface area contributed by atoms with Crippen LogP contribution in [0.2, 0.25) is 0 Å². The van der Waals surface area contributed by atoms with Gasteiger partial charge in [-0.3, -0.25) is 4.79 Å². The molecule has 2 aromatic carbocycles. The number of carbonyl (C=O) groups excluding carboxylic acids is 1. The maximum Gasteiger partial charge on any atom is 0.229 e. The zero-order chi connectivity index (χ0) is 20.2. The van der Waals surface area contributed by atoms with Gasteiger partial charge in [0, 0.05) is 34.7 Å². The lowest BCUT2D eigenvalue weighted by Gasteiger charge is -2.13. The lowest BCUT2D eigenvalue weighted by atomic mass is 10.2. The Bertz CT molecular complexity index is 1020. The molecule has 0 radical (unpaired) electrons. The molecule has 4 N–H and O–H groups in total. The van der Waals surface area contributed by atoms with Crippen molar-refractivity contribution in [1.82, 2.24) is 9.97 Å². The highest BCUT2D eigenvalue weighted by Gasteiger charge is 2.29. The van der Waals surface area contributed by atoms with Crippen LogP contribution < -0.4 is 16.0 Å². The van der Waals surface area contributed by atoms with Gasteiger partial charge < -0.3 is 21.1 Å². The van der Waals surface area contributed by atoms with Gasteiger partial charge in [0.05, 0.1) is 11.1 Å². The monoisotopic (exact) mass is 453 g/mol. The van der Waals surface area contributed by atoms with Crippen molar-refractivity contribution in [1.29, 1.82) is 0 Å². The van der Waals surface area contributed by atoms with Crippen LogP contribution in [0.1, 0.15) is 18.4 Å². The lowest BCUT2D eigenvalue weighted by Crippen LogP contribution is -2.13. The Hall–Kier alpha value is -2.97. The van der Waals surface area contributed by atoms with Crippen LogP contribution in [0, 0.1) is 5.92 Å². The molecule has 1 aromatic heterocycles. The summed E-state index contributed by atoms with van der Waals surface area (Å²) in [5.74, 6) is 1.26. The standard InChI is InChI=1S/C21H20BrN5O2/c22-17-11-23-21(27-19(17)26-18-4-2-1-3-14(18)12-28)25-16-9-7-15(8-10-16)24-20(29)13-5-6-13/h1-4,7-11,13,28H,5-6,12H2,(H,24,29)(H2,23,25,26,27). The minimum absolute atomic E-state index is 0.0688. The summed E-state index contributed by atoms with van der Waals surface area (Å²) in [4.78, 5) is 20.6. The van der Waals surface area contributed by atoms with Gasteiger partial charge in [-0.25, -0.2) is 4.98 Å². The lowest BCUT2D eigenvalue weighted by molar-refractivity contribution is -0.117. The fraction of sp³-hybridized carbons (Fsp3) is 0.190. The molecule has 148 valence electrons. The predicted octanol–water partition coefficient (Wildman–Crippen LogP) is 4.57. The van der Waals surface area contributed by atoms with Crippen molar-refractivity contribution in [3.8, 4) is 0 Å². The molecule has 8 heteroatoms. The Balaban J connectivity index is 1.46. The quantitative estimate of drug-likeness (QED) is 0.418. The molecule has 4 rings (SSSR count). The molecule has 0 atom stereocenters. The van der Waals surface area contributed by atoms with Gasteiger partial charge in [0.1, 0.15) is 5.82 Å². The van der Waals surface area contributed by atoms with Gasteiger partial charge >= 0.3 is 0 Å². The average molecular weight is 454 g/mol. The number of aromatic nitrogens is 2. The van der Waals surface area contributed by atoms with Gasteiger partial charge in [0.25, 0.3) is 0 Å². The number of benzene rings is 2. The smallest absolute Gasteiger partial charge is 0.229 e. The maximum absolute atomic E-state index is 11.8. The van der Waals surface area contributed by atoms with E-state index in [1.54, 1.807) is 6.20 Å². The Labute approximate surface area is 176 Å². The van der Waals surface area contributed by atoms with E-state index in [4.69, 9.17) is 0 Å². The van der Waals surface area contributed by atoms with Crippen molar-refractivity contribution in [2.75, 3.05) is 16.0 Å². The molecule has 1 heterocycles. The first-order valence-electron chi connectivity index (χ1n) is 9.28. The highest BCUT2D eigenvalue weighted by atomic mass is 79.9. The molecule has 1 fully saturated rings. The molecular weight excluding hydrogens is 434 g/mol. The Kier molecular flexibility index (Phi) is 5.73. The van der Waals surface area contributed by atoms with E-state index in [0.29, 0.717) is 16.2 Å². The van der Waals surface area contributed by atoms with E-state index in [2.05, 4.69) is 41.8 Å². The van der Waals surface area contributed by atoms with Gasteiger partial charge in [-0.1, -0.05) is 18.2 Å². The summed E-state index contributed by atoms with van der Waals surface area (Å²) in [5, 5.41) is 18.8. The highest BCUT2D eigenvalue weighted by Crippen LogP contribution is 2.30. The molecule has 1 saturated carbocycles. The van der Waals surface area contributed by atoms with Crippen molar-refractivity contribution in [2.24, 2.45) is 5.92 Å². The number of anilines is 5. The zero-order valence-corrected chi connectivity index (χ0v) is 17.1. The molecule has 3 aromatic rings. The molecule has 0 saturated heterocycles. The van der Waals surface area contributed by atoms with Crippen molar-refractivity contribution in [3.05, 3.63) is 64.8 Å². The second kappa shape index (κ2) is 8.59. The fourth-order valence-electron chi connectivity index (χ4n) is 2.78. The van der Waals surface area contributed by atoms with Crippen molar-refractivity contribution in [3.63, 3.8) is 0 Å². The van der Waals surface area contributed by atoms with Crippen molar-refractivity contribution in [2.45, 2.75) is 19.4 Å². The Morgan fingerprint density at radius 3 is 2.52 bits per heavy atom. The van der Waals surface area contributed by atoms with E-state index in [0.717, 1.165) is 35.5 Å². The molecule has 0 aliphatic heterocycles. The number of halogens is 1. The average Bonchev–Trinajstić information content (AvgIpc) is 3.58. The minimum Gasteiger partial charge on any atom is -0.392 e. The molecule has 0 bridgehead atoms. The van der Waals surface area contributed by atoms with Crippen molar-refractivity contribution < 1.29 is 9.90 Å². The third-order valence-corrected chi connectivity index (χ3v) is 5.12. The topological polar surface area (TPSA) is 99.2 Å². The first-order valence-corrected chi connectivity index (χ1v) is 10.1. The first-order chi connectivity index (χ1) is 14.1. The van der Waals surface area contributed by atoms with E-state index in [9.17, 15) is 9.90 Å². The van der Waals surface area contributed by atoms with Crippen LogP contribution in [0.4, 0.5) is 28.8 Å². The van der Waals surface area contributed by atoms with Gasteiger partial charge in [-0.15, -0.1) is 0 Å². The summed E-state index contributed by atoms with van der Waals surface area (Å²) in [6.45, 7) is -0.0688. The van der Waals surface area contributed by atoms with Crippen LogP contribution in [-0.2, 0) is 11.4 Å². The van der Waals surface area contributed by atoms with E-state index < -0.39 is 0 Å². The number of hydrogen-bond acceptors (Lipinski definition) is 6. The number of nitrogens with one attached hydrogen (secondary N) is 3. The molecule has 7 nitrogen and oxygen atoms in total. The molecule has 1 aliphatic carbocycles.